The third kappa shape index (κ3) is 7.12. The Bertz CT molecular complexity index is 706. The molecule has 0 aliphatic heterocycles. The van der Waals surface area contributed by atoms with Crippen LogP contribution in [0.3, 0.4) is 0 Å². The van der Waals surface area contributed by atoms with Crippen LogP contribution in [0.5, 0.6) is 0 Å². The third-order valence-corrected chi connectivity index (χ3v) is 4.47. The van der Waals surface area contributed by atoms with Crippen LogP contribution in [0.25, 0.3) is 0 Å². The molecule has 0 amide bonds. The lowest BCUT2D eigenvalue weighted by Crippen LogP contribution is -2.40. The van der Waals surface area contributed by atoms with Crippen molar-refractivity contribution in [2.75, 3.05) is 19.6 Å². The summed E-state index contributed by atoms with van der Waals surface area (Å²) in [6.07, 6.45) is 2.67. The summed E-state index contributed by atoms with van der Waals surface area (Å²) >= 11 is 0. The number of halogens is 1. The van der Waals surface area contributed by atoms with Crippen LogP contribution in [0.15, 0.2) is 35.6 Å². The van der Waals surface area contributed by atoms with Crippen molar-refractivity contribution < 1.29 is 0 Å². The van der Waals surface area contributed by atoms with Gasteiger partial charge in [0, 0.05) is 31.5 Å². The van der Waals surface area contributed by atoms with Crippen molar-refractivity contribution in [3.05, 3.63) is 47.5 Å². The molecule has 0 atom stereocenters. The van der Waals surface area contributed by atoms with Gasteiger partial charge < -0.3 is 15.2 Å². The Hall–Kier alpha value is -1.64. The summed E-state index contributed by atoms with van der Waals surface area (Å²) in [5.41, 5.74) is 2.57. The van der Waals surface area contributed by atoms with Crippen LogP contribution >= 0.6 is 24.0 Å². The average Bonchev–Trinajstić information content (AvgIpc) is 3.07. The van der Waals surface area contributed by atoms with Gasteiger partial charge in [-0.1, -0.05) is 50.6 Å². The van der Waals surface area contributed by atoms with Gasteiger partial charge in [0.05, 0.1) is 6.54 Å². The number of aromatic nitrogens is 3. The number of hydrogen-bond acceptors (Lipinski definition) is 3. The molecule has 0 fully saturated rings. The highest BCUT2D eigenvalue weighted by Crippen LogP contribution is 2.23. The van der Waals surface area contributed by atoms with Crippen LogP contribution in [0.4, 0.5) is 0 Å². The summed E-state index contributed by atoms with van der Waals surface area (Å²) in [4.78, 5) is 4.80. The molecule has 0 unspecified atom stereocenters. The van der Waals surface area contributed by atoms with Crippen molar-refractivity contribution in [2.45, 2.75) is 53.0 Å². The summed E-state index contributed by atoms with van der Waals surface area (Å²) < 4.78 is 2.08. The zero-order valence-corrected chi connectivity index (χ0v) is 19.4. The van der Waals surface area contributed by atoms with Gasteiger partial charge in [-0.05, 0) is 19.4 Å². The number of aryl methyl sites for hydroxylation is 2. The maximum atomic E-state index is 4.80. The molecular formula is C20H33IN6. The number of rotatable bonds is 8. The molecular weight excluding hydrogens is 451 g/mol. The van der Waals surface area contributed by atoms with Crippen molar-refractivity contribution in [1.29, 1.82) is 0 Å². The molecule has 27 heavy (non-hydrogen) atoms. The molecule has 150 valence electrons. The second-order valence-corrected chi connectivity index (χ2v) is 7.17. The minimum atomic E-state index is -0.0142. The van der Waals surface area contributed by atoms with E-state index in [9.17, 15) is 0 Å². The quantitative estimate of drug-likeness (QED) is 0.343. The van der Waals surface area contributed by atoms with Gasteiger partial charge in [-0.15, -0.1) is 34.2 Å². The van der Waals surface area contributed by atoms with Crippen molar-refractivity contribution >= 4 is 29.9 Å². The van der Waals surface area contributed by atoms with E-state index in [2.05, 4.69) is 84.3 Å². The van der Waals surface area contributed by atoms with Gasteiger partial charge in [0.1, 0.15) is 12.2 Å². The van der Waals surface area contributed by atoms with E-state index in [0.717, 1.165) is 44.4 Å². The molecule has 1 heterocycles. The number of hydrogen-bond donors (Lipinski definition) is 2. The monoisotopic (exact) mass is 484 g/mol. The maximum Gasteiger partial charge on any atom is 0.191 e. The Morgan fingerprint density at radius 3 is 2.48 bits per heavy atom. The third-order valence-electron chi connectivity index (χ3n) is 4.47. The van der Waals surface area contributed by atoms with E-state index in [4.69, 9.17) is 4.99 Å². The molecule has 0 aliphatic rings. The first kappa shape index (κ1) is 23.4. The first-order valence-corrected chi connectivity index (χ1v) is 9.42. The molecule has 0 saturated carbocycles. The summed E-state index contributed by atoms with van der Waals surface area (Å²) in [6.45, 7) is 13.9. The normalized spacial score (nSPS) is 11.8. The van der Waals surface area contributed by atoms with Gasteiger partial charge in [-0.25, -0.2) is 0 Å². The lowest BCUT2D eigenvalue weighted by Gasteiger charge is -2.24. The van der Waals surface area contributed by atoms with Crippen molar-refractivity contribution in [3.63, 3.8) is 0 Å². The first-order chi connectivity index (χ1) is 12.5. The summed E-state index contributed by atoms with van der Waals surface area (Å²) in [6, 6.07) is 8.72. The highest BCUT2D eigenvalue weighted by molar-refractivity contribution is 14.0. The Morgan fingerprint density at radius 2 is 1.85 bits per heavy atom. The van der Waals surface area contributed by atoms with E-state index < -0.39 is 0 Å². The molecule has 7 heteroatoms. The molecule has 1 aromatic carbocycles. The van der Waals surface area contributed by atoms with Crippen LogP contribution in [0.1, 0.15) is 44.6 Å². The molecule has 0 aliphatic carbocycles. The summed E-state index contributed by atoms with van der Waals surface area (Å²) in [7, 11) is 0. The molecule has 0 radical (unpaired) electrons. The highest BCUT2D eigenvalue weighted by Gasteiger charge is 2.20. The fraction of sp³-hybridized carbons (Fsp3) is 0.550. The number of benzene rings is 1. The zero-order chi connectivity index (χ0) is 19.0. The summed E-state index contributed by atoms with van der Waals surface area (Å²) in [5, 5.41) is 14.8. The van der Waals surface area contributed by atoms with E-state index in [1.165, 1.54) is 11.1 Å². The van der Waals surface area contributed by atoms with Gasteiger partial charge in [0.25, 0.3) is 0 Å². The molecule has 2 aromatic rings. The standard InChI is InChI=1S/C20H32N6.HI/c1-6-18-25-24-15-26(18)13-12-22-19(21-7-2)23-14-20(4,5)17-10-8-16(3)9-11-17;/h8-11,15H,6-7,12-14H2,1-5H3,(H2,21,22,23);1H. The van der Waals surface area contributed by atoms with E-state index in [0.29, 0.717) is 0 Å². The Balaban J connectivity index is 0.00000364. The van der Waals surface area contributed by atoms with Crippen molar-refractivity contribution in [2.24, 2.45) is 4.99 Å². The van der Waals surface area contributed by atoms with E-state index in [1.807, 2.05) is 0 Å². The first-order valence-electron chi connectivity index (χ1n) is 9.42. The molecule has 0 saturated heterocycles. The fourth-order valence-electron chi connectivity index (χ4n) is 2.75. The average molecular weight is 484 g/mol. The fourth-order valence-corrected chi connectivity index (χ4v) is 2.75. The van der Waals surface area contributed by atoms with Gasteiger partial charge in [0.2, 0.25) is 0 Å². The lowest BCUT2D eigenvalue weighted by atomic mass is 9.84. The largest absolute Gasteiger partial charge is 0.357 e. The number of nitrogens with zero attached hydrogens (tertiary/aromatic N) is 4. The number of nitrogens with one attached hydrogen (secondary N) is 2. The van der Waals surface area contributed by atoms with Crippen LogP contribution in [-0.4, -0.2) is 40.4 Å². The SMILES string of the molecule is CCNC(=NCC(C)(C)c1ccc(C)cc1)NCCn1cnnc1CC.I. The molecule has 1 aromatic heterocycles. The molecule has 2 rings (SSSR count). The van der Waals surface area contributed by atoms with Crippen molar-refractivity contribution in [1.82, 2.24) is 25.4 Å². The van der Waals surface area contributed by atoms with Crippen LogP contribution in [0, 0.1) is 6.92 Å². The Morgan fingerprint density at radius 1 is 1.15 bits per heavy atom. The predicted molar refractivity (Wildman–Crippen MR) is 123 cm³/mol. The minimum absolute atomic E-state index is 0. The Labute approximate surface area is 180 Å². The smallest absolute Gasteiger partial charge is 0.191 e. The van der Waals surface area contributed by atoms with Gasteiger partial charge in [-0.3, -0.25) is 4.99 Å². The number of guanidine groups is 1. The van der Waals surface area contributed by atoms with Crippen LogP contribution in [-0.2, 0) is 18.4 Å². The van der Waals surface area contributed by atoms with Crippen LogP contribution < -0.4 is 10.6 Å². The molecule has 0 spiro atoms. The van der Waals surface area contributed by atoms with E-state index in [-0.39, 0.29) is 29.4 Å². The minimum Gasteiger partial charge on any atom is -0.357 e. The second-order valence-electron chi connectivity index (χ2n) is 7.17. The van der Waals surface area contributed by atoms with E-state index >= 15 is 0 Å². The molecule has 2 N–H and O–H groups in total. The maximum absolute atomic E-state index is 4.80. The molecule has 0 bridgehead atoms. The van der Waals surface area contributed by atoms with Gasteiger partial charge >= 0.3 is 0 Å². The van der Waals surface area contributed by atoms with Crippen molar-refractivity contribution in [3.8, 4) is 0 Å². The highest BCUT2D eigenvalue weighted by atomic mass is 127. The van der Waals surface area contributed by atoms with E-state index in [1.54, 1.807) is 6.33 Å². The predicted octanol–water partition coefficient (Wildman–Crippen LogP) is 3.30. The topological polar surface area (TPSA) is 67.1 Å². The second kappa shape index (κ2) is 11.3. The van der Waals surface area contributed by atoms with Gasteiger partial charge in [-0.2, -0.15) is 0 Å². The lowest BCUT2D eigenvalue weighted by molar-refractivity contribution is 0.536. The number of aliphatic imine (C=N–C) groups is 1. The zero-order valence-electron chi connectivity index (χ0n) is 17.1. The van der Waals surface area contributed by atoms with Crippen LogP contribution in [0.2, 0.25) is 0 Å². The summed E-state index contributed by atoms with van der Waals surface area (Å²) in [5.74, 6) is 1.85. The van der Waals surface area contributed by atoms with Gasteiger partial charge in [0.15, 0.2) is 5.96 Å². The Kier molecular flexibility index (Phi) is 9.76. The molecule has 6 nitrogen and oxygen atoms in total.